The average Bonchev–Trinajstić information content (AvgIpc) is 2.48. The Morgan fingerprint density at radius 2 is 1.95 bits per heavy atom. The molecule has 0 heterocycles. The molecular weight excluding hydrogens is 323 g/mol. The van der Waals surface area contributed by atoms with Crippen molar-refractivity contribution in [2.75, 3.05) is 0 Å². The van der Waals surface area contributed by atoms with E-state index in [2.05, 4.69) is 10.5 Å². The monoisotopic (exact) mass is 336 g/mol. The first-order valence-corrected chi connectivity index (χ1v) is 7.23. The number of hydrogen-bond acceptors (Lipinski definition) is 3. The molecule has 0 aliphatic rings. The highest BCUT2D eigenvalue weighted by atomic mass is 35.5. The summed E-state index contributed by atoms with van der Waals surface area (Å²) in [5.74, 6) is -0.465. The van der Waals surface area contributed by atoms with Crippen molar-refractivity contribution in [3.05, 3.63) is 63.1 Å². The summed E-state index contributed by atoms with van der Waals surface area (Å²) in [6, 6.07) is 10.1. The number of nitrogens with one attached hydrogen (secondary N) is 1. The number of benzene rings is 2. The summed E-state index contributed by atoms with van der Waals surface area (Å²) in [6.07, 6.45) is 0. The van der Waals surface area contributed by atoms with Gasteiger partial charge in [-0.3, -0.25) is 4.79 Å². The molecule has 2 aromatic rings. The van der Waals surface area contributed by atoms with E-state index in [-0.39, 0.29) is 16.7 Å². The maximum atomic E-state index is 12.0. The lowest BCUT2D eigenvalue weighted by atomic mass is 10.1. The van der Waals surface area contributed by atoms with Crippen molar-refractivity contribution in [3.63, 3.8) is 0 Å². The fraction of sp³-hybridized carbons (Fsp3) is 0.125. The van der Waals surface area contributed by atoms with Crippen LogP contribution in [0.4, 0.5) is 0 Å². The molecule has 0 saturated carbocycles. The number of phenols is 1. The fourth-order valence-electron chi connectivity index (χ4n) is 1.89. The molecule has 0 aromatic heterocycles. The highest BCUT2D eigenvalue weighted by Gasteiger charge is 2.11. The Kier molecular flexibility index (Phi) is 5.06. The standard InChI is InChI=1S/C16H14Cl2N2O2/c1-9-4-3-5-11(6-9)16(22)20-19-10(2)13-7-12(17)8-14(18)15(13)21/h3-8,21H,1-2H3,(H,20,22)/b19-10+. The molecule has 0 spiro atoms. The normalized spacial score (nSPS) is 11.4. The van der Waals surface area contributed by atoms with Crippen LogP contribution in [0.3, 0.4) is 0 Å². The molecule has 2 rings (SSSR count). The fourth-order valence-corrected chi connectivity index (χ4v) is 2.38. The van der Waals surface area contributed by atoms with Crippen LogP contribution in [0.2, 0.25) is 10.0 Å². The minimum absolute atomic E-state index is 0.127. The van der Waals surface area contributed by atoms with Gasteiger partial charge in [0, 0.05) is 16.1 Å². The molecular formula is C16H14Cl2N2O2. The Morgan fingerprint density at radius 1 is 1.23 bits per heavy atom. The van der Waals surface area contributed by atoms with E-state index >= 15 is 0 Å². The molecule has 0 aliphatic carbocycles. The summed E-state index contributed by atoms with van der Waals surface area (Å²) in [5, 5.41) is 14.4. The third-order valence-corrected chi connectivity index (χ3v) is 3.53. The zero-order valence-corrected chi connectivity index (χ0v) is 13.5. The summed E-state index contributed by atoms with van der Waals surface area (Å²) in [4.78, 5) is 12.0. The zero-order chi connectivity index (χ0) is 16.3. The van der Waals surface area contributed by atoms with E-state index in [1.165, 1.54) is 12.1 Å². The molecule has 0 bridgehead atoms. The minimum Gasteiger partial charge on any atom is -0.506 e. The second-order valence-corrected chi connectivity index (χ2v) is 5.64. The Balaban J connectivity index is 2.22. The molecule has 22 heavy (non-hydrogen) atoms. The summed E-state index contributed by atoms with van der Waals surface area (Å²) in [5.41, 5.74) is 4.68. The van der Waals surface area contributed by atoms with E-state index in [9.17, 15) is 9.90 Å². The van der Waals surface area contributed by atoms with Gasteiger partial charge in [0.15, 0.2) is 0 Å². The topological polar surface area (TPSA) is 61.7 Å². The number of carbonyl (C=O) groups is 1. The van der Waals surface area contributed by atoms with E-state index < -0.39 is 0 Å². The number of amides is 1. The van der Waals surface area contributed by atoms with E-state index in [0.717, 1.165) is 5.56 Å². The SMILES string of the molecule is C/C(=N\NC(=O)c1cccc(C)c1)c1cc(Cl)cc(Cl)c1O. The molecule has 2 N–H and O–H groups in total. The van der Waals surface area contributed by atoms with Crippen molar-refractivity contribution in [3.8, 4) is 5.75 Å². The first-order chi connectivity index (χ1) is 10.4. The molecule has 0 aliphatic heterocycles. The number of hydrogen-bond donors (Lipinski definition) is 2. The molecule has 114 valence electrons. The lowest BCUT2D eigenvalue weighted by Crippen LogP contribution is -2.19. The van der Waals surface area contributed by atoms with Crippen molar-refractivity contribution in [1.82, 2.24) is 5.43 Å². The summed E-state index contributed by atoms with van der Waals surface area (Å²) >= 11 is 11.8. The van der Waals surface area contributed by atoms with Crippen molar-refractivity contribution in [2.24, 2.45) is 5.10 Å². The van der Waals surface area contributed by atoms with Crippen LogP contribution < -0.4 is 5.43 Å². The molecule has 0 unspecified atom stereocenters. The number of aryl methyl sites for hydroxylation is 1. The lowest BCUT2D eigenvalue weighted by Gasteiger charge is -2.07. The Labute approximate surface area is 138 Å². The van der Waals surface area contributed by atoms with Gasteiger partial charge in [0.1, 0.15) is 5.75 Å². The lowest BCUT2D eigenvalue weighted by molar-refractivity contribution is 0.0954. The van der Waals surface area contributed by atoms with Crippen LogP contribution >= 0.6 is 23.2 Å². The first kappa shape index (κ1) is 16.3. The van der Waals surface area contributed by atoms with Crippen LogP contribution in [-0.2, 0) is 0 Å². The number of halogens is 2. The second kappa shape index (κ2) is 6.81. The third-order valence-electron chi connectivity index (χ3n) is 3.02. The number of carbonyl (C=O) groups excluding carboxylic acids is 1. The van der Waals surface area contributed by atoms with Gasteiger partial charge >= 0.3 is 0 Å². The highest BCUT2D eigenvalue weighted by Crippen LogP contribution is 2.31. The number of aromatic hydroxyl groups is 1. The van der Waals surface area contributed by atoms with E-state index in [0.29, 0.717) is 21.9 Å². The van der Waals surface area contributed by atoms with Gasteiger partial charge in [0.25, 0.3) is 5.91 Å². The van der Waals surface area contributed by atoms with Gasteiger partial charge in [0.05, 0.1) is 10.7 Å². The molecule has 2 aromatic carbocycles. The predicted octanol–water partition coefficient (Wildman–Crippen LogP) is 4.16. The van der Waals surface area contributed by atoms with E-state index in [1.807, 2.05) is 13.0 Å². The third kappa shape index (κ3) is 3.78. The molecule has 0 saturated heterocycles. The zero-order valence-electron chi connectivity index (χ0n) is 12.0. The smallest absolute Gasteiger partial charge is 0.271 e. The molecule has 0 radical (unpaired) electrons. The van der Waals surface area contributed by atoms with Crippen molar-refractivity contribution in [2.45, 2.75) is 13.8 Å². The largest absolute Gasteiger partial charge is 0.506 e. The van der Waals surface area contributed by atoms with Crippen LogP contribution in [0.5, 0.6) is 5.75 Å². The summed E-state index contributed by atoms with van der Waals surface area (Å²) in [6.45, 7) is 3.54. The quantitative estimate of drug-likeness (QED) is 0.652. The summed E-state index contributed by atoms with van der Waals surface area (Å²) in [7, 11) is 0. The molecule has 6 heteroatoms. The molecule has 0 fully saturated rings. The number of hydrazone groups is 1. The first-order valence-electron chi connectivity index (χ1n) is 6.48. The molecule has 4 nitrogen and oxygen atoms in total. The van der Waals surface area contributed by atoms with Crippen LogP contribution in [0.25, 0.3) is 0 Å². The molecule has 0 atom stereocenters. The van der Waals surface area contributed by atoms with Gasteiger partial charge in [-0.2, -0.15) is 5.10 Å². The van der Waals surface area contributed by atoms with E-state index in [4.69, 9.17) is 23.2 Å². The van der Waals surface area contributed by atoms with Crippen molar-refractivity contribution >= 4 is 34.8 Å². The number of nitrogens with zero attached hydrogens (tertiary/aromatic N) is 1. The maximum absolute atomic E-state index is 12.0. The number of phenolic OH excluding ortho intramolecular Hbond substituents is 1. The maximum Gasteiger partial charge on any atom is 0.271 e. The average molecular weight is 337 g/mol. The van der Waals surface area contributed by atoms with Gasteiger partial charge in [-0.15, -0.1) is 0 Å². The van der Waals surface area contributed by atoms with Gasteiger partial charge in [-0.1, -0.05) is 40.9 Å². The van der Waals surface area contributed by atoms with Crippen LogP contribution in [0.1, 0.15) is 28.4 Å². The van der Waals surface area contributed by atoms with Crippen LogP contribution in [0, 0.1) is 6.92 Å². The Morgan fingerprint density at radius 3 is 2.64 bits per heavy atom. The van der Waals surface area contributed by atoms with Gasteiger partial charge in [-0.05, 0) is 38.1 Å². The Bertz CT molecular complexity index is 758. The predicted molar refractivity (Wildman–Crippen MR) is 89.0 cm³/mol. The second-order valence-electron chi connectivity index (χ2n) is 4.79. The van der Waals surface area contributed by atoms with E-state index in [1.54, 1.807) is 25.1 Å². The van der Waals surface area contributed by atoms with Crippen LogP contribution in [0.15, 0.2) is 41.5 Å². The van der Waals surface area contributed by atoms with Crippen LogP contribution in [-0.4, -0.2) is 16.7 Å². The van der Waals surface area contributed by atoms with Gasteiger partial charge < -0.3 is 5.11 Å². The Hall–Kier alpha value is -2.04. The highest BCUT2D eigenvalue weighted by molar-refractivity contribution is 6.36. The minimum atomic E-state index is -0.337. The summed E-state index contributed by atoms with van der Waals surface area (Å²) < 4.78 is 0. The molecule has 1 amide bonds. The van der Waals surface area contributed by atoms with Gasteiger partial charge in [0.2, 0.25) is 0 Å². The van der Waals surface area contributed by atoms with Crippen molar-refractivity contribution in [1.29, 1.82) is 0 Å². The van der Waals surface area contributed by atoms with Gasteiger partial charge in [-0.25, -0.2) is 5.43 Å². The number of rotatable bonds is 3. The van der Waals surface area contributed by atoms with Crippen molar-refractivity contribution < 1.29 is 9.90 Å².